The van der Waals surface area contributed by atoms with E-state index >= 15 is 0 Å². The van der Waals surface area contributed by atoms with Crippen molar-refractivity contribution in [3.8, 4) is 0 Å². The fourth-order valence-electron chi connectivity index (χ4n) is 3.18. The number of carbonyl (C=O) groups excluding carboxylic acids is 3. The van der Waals surface area contributed by atoms with E-state index in [-0.39, 0.29) is 25.3 Å². The van der Waals surface area contributed by atoms with Crippen LogP contribution in [0.2, 0.25) is 0 Å². The SMILES string of the molecule is CC(C)C(NC(=O)C(Cc1cnc[nH]1)NC(=O)C(Cc1ccccc1)NC(=O)CN)C(=O)O. The van der Waals surface area contributed by atoms with Gasteiger partial charge in [0.05, 0.1) is 12.9 Å². The second kappa shape index (κ2) is 12.3. The number of aromatic amines is 1. The fraction of sp³-hybridized carbons (Fsp3) is 0.409. The van der Waals surface area contributed by atoms with E-state index in [2.05, 4.69) is 25.9 Å². The van der Waals surface area contributed by atoms with Crippen LogP contribution in [0, 0.1) is 5.92 Å². The lowest BCUT2D eigenvalue weighted by atomic mass is 10.0. The number of hydrogen-bond acceptors (Lipinski definition) is 6. The summed E-state index contributed by atoms with van der Waals surface area (Å²) in [5.41, 5.74) is 6.76. The number of aliphatic carboxylic acids is 1. The van der Waals surface area contributed by atoms with E-state index in [4.69, 9.17) is 5.73 Å². The van der Waals surface area contributed by atoms with Crippen molar-refractivity contribution in [2.45, 2.75) is 44.8 Å². The number of aromatic nitrogens is 2. The molecule has 3 atom stereocenters. The monoisotopic (exact) mass is 458 g/mol. The molecule has 0 aliphatic heterocycles. The highest BCUT2D eigenvalue weighted by Gasteiger charge is 2.31. The van der Waals surface area contributed by atoms with Gasteiger partial charge >= 0.3 is 5.97 Å². The number of benzene rings is 1. The summed E-state index contributed by atoms with van der Waals surface area (Å²) in [7, 11) is 0. The third-order valence-corrected chi connectivity index (χ3v) is 4.96. The van der Waals surface area contributed by atoms with Crippen LogP contribution in [0.25, 0.3) is 0 Å². The number of carboxylic acids is 1. The lowest BCUT2D eigenvalue weighted by Crippen LogP contribution is -2.57. The highest BCUT2D eigenvalue weighted by molar-refractivity contribution is 5.93. The number of H-pyrrole nitrogens is 1. The summed E-state index contributed by atoms with van der Waals surface area (Å²) < 4.78 is 0. The van der Waals surface area contributed by atoms with Crippen molar-refractivity contribution in [3.05, 3.63) is 54.1 Å². The van der Waals surface area contributed by atoms with Crippen molar-refractivity contribution in [3.63, 3.8) is 0 Å². The molecule has 7 N–H and O–H groups in total. The van der Waals surface area contributed by atoms with Gasteiger partial charge in [0.2, 0.25) is 17.7 Å². The minimum absolute atomic E-state index is 0.0465. The fourth-order valence-corrected chi connectivity index (χ4v) is 3.18. The zero-order valence-electron chi connectivity index (χ0n) is 18.6. The Kier molecular flexibility index (Phi) is 9.55. The topological polar surface area (TPSA) is 179 Å². The Morgan fingerprint density at radius 3 is 2.18 bits per heavy atom. The van der Waals surface area contributed by atoms with E-state index in [9.17, 15) is 24.3 Å². The maximum Gasteiger partial charge on any atom is 0.326 e. The zero-order chi connectivity index (χ0) is 24.4. The maximum atomic E-state index is 13.1. The van der Waals surface area contributed by atoms with E-state index in [0.29, 0.717) is 5.69 Å². The molecular formula is C22H30N6O5. The number of nitrogens with zero attached hydrogens (tertiary/aromatic N) is 1. The lowest BCUT2D eigenvalue weighted by molar-refractivity contribution is -0.143. The number of carboxylic acid groups (broad SMARTS) is 1. The summed E-state index contributed by atoms with van der Waals surface area (Å²) in [4.78, 5) is 56.3. The maximum absolute atomic E-state index is 13.1. The van der Waals surface area contributed by atoms with Gasteiger partial charge in [0.25, 0.3) is 0 Å². The molecule has 178 valence electrons. The molecule has 0 fully saturated rings. The number of hydrogen-bond donors (Lipinski definition) is 6. The second-order valence-corrected chi connectivity index (χ2v) is 7.92. The van der Waals surface area contributed by atoms with Crippen LogP contribution in [0.1, 0.15) is 25.1 Å². The molecule has 0 radical (unpaired) electrons. The number of carbonyl (C=O) groups is 4. The van der Waals surface area contributed by atoms with Gasteiger partial charge in [-0.2, -0.15) is 0 Å². The smallest absolute Gasteiger partial charge is 0.326 e. The summed E-state index contributed by atoms with van der Waals surface area (Å²) in [5.74, 6) is -3.34. The summed E-state index contributed by atoms with van der Waals surface area (Å²) in [6.07, 6.45) is 3.16. The first kappa shape index (κ1) is 25.5. The lowest BCUT2D eigenvalue weighted by Gasteiger charge is -2.25. The van der Waals surface area contributed by atoms with Crippen molar-refractivity contribution in [1.29, 1.82) is 0 Å². The molecule has 0 aliphatic carbocycles. The van der Waals surface area contributed by atoms with Crippen LogP contribution in [0.3, 0.4) is 0 Å². The molecule has 0 bridgehead atoms. The molecule has 1 aromatic carbocycles. The third-order valence-electron chi connectivity index (χ3n) is 4.96. The molecular weight excluding hydrogens is 428 g/mol. The van der Waals surface area contributed by atoms with Gasteiger partial charge in [0.15, 0.2) is 0 Å². The average molecular weight is 459 g/mol. The Bertz CT molecular complexity index is 932. The van der Waals surface area contributed by atoms with Crippen molar-refractivity contribution in [2.24, 2.45) is 11.7 Å². The number of amides is 3. The van der Waals surface area contributed by atoms with Gasteiger partial charge in [-0.1, -0.05) is 44.2 Å². The number of imidazole rings is 1. The van der Waals surface area contributed by atoms with Crippen LogP contribution in [0.15, 0.2) is 42.9 Å². The van der Waals surface area contributed by atoms with E-state index < -0.39 is 41.8 Å². The summed E-state index contributed by atoms with van der Waals surface area (Å²) in [6.45, 7) is 3.03. The Morgan fingerprint density at radius 1 is 1.00 bits per heavy atom. The third kappa shape index (κ3) is 8.04. The molecule has 0 spiro atoms. The summed E-state index contributed by atoms with van der Waals surface area (Å²) in [5, 5.41) is 17.1. The molecule has 1 heterocycles. The minimum atomic E-state index is -1.18. The molecule has 11 nitrogen and oxygen atoms in total. The van der Waals surface area contributed by atoms with Gasteiger partial charge in [0.1, 0.15) is 18.1 Å². The predicted molar refractivity (Wildman–Crippen MR) is 120 cm³/mol. The Balaban J connectivity index is 2.22. The van der Waals surface area contributed by atoms with Gasteiger partial charge in [0, 0.05) is 24.7 Å². The zero-order valence-corrected chi connectivity index (χ0v) is 18.6. The van der Waals surface area contributed by atoms with Gasteiger partial charge < -0.3 is 31.8 Å². The Hall–Kier alpha value is -3.73. The quantitative estimate of drug-likeness (QED) is 0.244. The number of nitrogens with two attached hydrogens (primary N) is 1. The second-order valence-electron chi connectivity index (χ2n) is 7.92. The minimum Gasteiger partial charge on any atom is -0.480 e. The normalized spacial score (nSPS) is 13.6. The molecule has 2 rings (SSSR count). The summed E-state index contributed by atoms with van der Waals surface area (Å²) in [6, 6.07) is 5.84. The molecule has 11 heteroatoms. The Morgan fingerprint density at radius 2 is 1.64 bits per heavy atom. The van der Waals surface area contributed by atoms with Gasteiger partial charge in [-0.15, -0.1) is 0 Å². The van der Waals surface area contributed by atoms with E-state index in [1.165, 1.54) is 12.5 Å². The molecule has 33 heavy (non-hydrogen) atoms. The van der Waals surface area contributed by atoms with Crippen LogP contribution in [-0.2, 0) is 32.0 Å². The van der Waals surface area contributed by atoms with Crippen LogP contribution in [0.5, 0.6) is 0 Å². The van der Waals surface area contributed by atoms with Crippen LogP contribution < -0.4 is 21.7 Å². The molecule has 0 saturated heterocycles. The highest BCUT2D eigenvalue weighted by atomic mass is 16.4. The van der Waals surface area contributed by atoms with Crippen molar-refractivity contribution in [2.75, 3.05) is 6.54 Å². The first-order chi connectivity index (χ1) is 15.7. The van der Waals surface area contributed by atoms with Gasteiger partial charge in [-0.25, -0.2) is 9.78 Å². The van der Waals surface area contributed by atoms with Crippen LogP contribution in [0.4, 0.5) is 0 Å². The first-order valence-electron chi connectivity index (χ1n) is 10.6. The molecule has 0 aliphatic rings. The molecule has 0 saturated carbocycles. The molecule has 3 amide bonds. The van der Waals surface area contributed by atoms with Crippen molar-refractivity contribution < 1.29 is 24.3 Å². The van der Waals surface area contributed by atoms with Gasteiger partial charge in [-0.3, -0.25) is 14.4 Å². The highest BCUT2D eigenvalue weighted by Crippen LogP contribution is 2.07. The number of nitrogens with one attached hydrogen (secondary N) is 4. The van der Waals surface area contributed by atoms with Crippen LogP contribution >= 0.6 is 0 Å². The van der Waals surface area contributed by atoms with E-state index in [1.54, 1.807) is 13.8 Å². The van der Waals surface area contributed by atoms with Crippen molar-refractivity contribution in [1.82, 2.24) is 25.9 Å². The average Bonchev–Trinajstić information content (AvgIpc) is 3.29. The molecule has 3 unspecified atom stereocenters. The largest absolute Gasteiger partial charge is 0.480 e. The predicted octanol–water partition coefficient (Wildman–Crippen LogP) is -0.651. The van der Waals surface area contributed by atoms with E-state index in [1.807, 2.05) is 30.3 Å². The van der Waals surface area contributed by atoms with Crippen LogP contribution in [-0.4, -0.2) is 63.4 Å². The van der Waals surface area contributed by atoms with Crippen molar-refractivity contribution >= 4 is 23.7 Å². The first-order valence-corrected chi connectivity index (χ1v) is 10.6. The van der Waals surface area contributed by atoms with Gasteiger partial charge in [-0.05, 0) is 11.5 Å². The molecule has 2 aromatic rings. The Labute approximate surface area is 191 Å². The summed E-state index contributed by atoms with van der Waals surface area (Å²) >= 11 is 0. The van der Waals surface area contributed by atoms with E-state index in [0.717, 1.165) is 5.56 Å². The standard InChI is InChI=1S/C22H30N6O5/c1-13(2)19(22(32)33)28-21(31)17(9-15-11-24-12-25-15)27-20(30)16(26-18(29)10-23)8-14-6-4-3-5-7-14/h3-7,11-13,16-17,19H,8-10,23H2,1-2H3,(H,24,25)(H,26,29)(H,27,30)(H,28,31)(H,32,33). The number of rotatable bonds is 12. The molecule has 1 aromatic heterocycles.